The SMILES string of the molecule is CS(=O)(=O)c1ccc(Nc2ccc(C(N)=S)cn2)cc1. The van der Waals surface area contributed by atoms with Gasteiger partial charge in [-0.3, -0.25) is 0 Å². The van der Waals surface area contributed by atoms with E-state index < -0.39 is 9.84 Å². The van der Waals surface area contributed by atoms with Crippen molar-refractivity contribution in [2.45, 2.75) is 4.90 Å². The van der Waals surface area contributed by atoms with Gasteiger partial charge in [0.25, 0.3) is 0 Å². The maximum Gasteiger partial charge on any atom is 0.175 e. The molecule has 0 aliphatic heterocycles. The summed E-state index contributed by atoms with van der Waals surface area (Å²) in [4.78, 5) is 4.74. The normalized spacial score (nSPS) is 11.1. The Balaban J connectivity index is 2.16. The van der Waals surface area contributed by atoms with Crippen molar-refractivity contribution in [2.24, 2.45) is 5.73 Å². The molecular weight excluding hydrogens is 294 g/mol. The van der Waals surface area contributed by atoms with Gasteiger partial charge in [-0.25, -0.2) is 13.4 Å². The summed E-state index contributed by atoms with van der Waals surface area (Å²) in [5, 5.41) is 3.06. The van der Waals surface area contributed by atoms with Gasteiger partial charge in [0.2, 0.25) is 0 Å². The molecule has 104 valence electrons. The Morgan fingerprint density at radius 1 is 1.20 bits per heavy atom. The summed E-state index contributed by atoms with van der Waals surface area (Å²) in [6.45, 7) is 0. The van der Waals surface area contributed by atoms with Crippen LogP contribution in [0.4, 0.5) is 11.5 Å². The maximum atomic E-state index is 11.3. The Kier molecular flexibility index (Phi) is 4.01. The third-order valence-corrected chi connectivity index (χ3v) is 3.97. The van der Waals surface area contributed by atoms with Crippen LogP contribution in [0, 0.1) is 0 Å². The number of benzene rings is 1. The lowest BCUT2D eigenvalue weighted by atomic mass is 10.3. The Labute approximate surface area is 122 Å². The number of thiocarbonyl (C=S) groups is 1. The minimum absolute atomic E-state index is 0.278. The largest absolute Gasteiger partial charge is 0.389 e. The van der Waals surface area contributed by atoms with Gasteiger partial charge in [0, 0.05) is 23.7 Å². The first kappa shape index (κ1) is 14.4. The molecule has 0 amide bonds. The first-order chi connectivity index (χ1) is 9.36. The number of rotatable bonds is 4. The molecule has 0 radical (unpaired) electrons. The minimum atomic E-state index is -3.18. The molecule has 2 aromatic rings. The molecule has 20 heavy (non-hydrogen) atoms. The maximum absolute atomic E-state index is 11.3. The molecule has 0 aliphatic rings. The van der Waals surface area contributed by atoms with Gasteiger partial charge in [-0.1, -0.05) is 12.2 Å². The number of nitrogens with two attached hydrogens (primary N) is 1. The molecule has 5 nitrogen and oxygen atoms in total. The van der Waals surface area contributed by atoms with E-state index >= 15 is 0 Å². The van der Waals surface area contributed by atoms with Crippen LogP contribution in [0.1, 0.15) is 5.56 Å². The molecule has 7 heteroatoms. The van der Waals surface area contributed by atoms with Crippen LogP contribution < -0.4 is 11.1 Å². The van der Waals surface area contributed by atoms with Crippen molar-refractivity contribution in [2.75, 3.05) is 11.6 Å². The zero-order valence-electron chi connectivity index (χ0n) is 10.7. The molecule has 0 saturated carbocycles. The Morgan fingerprint density at radius 2 is 1.85 bits per heavy atom. The Hall–Kier alpha value is -1.99. The molecule has 0 aliphatic carbocycles. The number of sulfone groups is 1. The zero-order chi connectivity index (χ0) is 14.8. The quantitative estimate of drug-likeness (QED) is 0.839. The van der Waals surface area contributed by atoms with Crippen molar-refractivity contribution in [1.29, 1.82) is 0 Å². The highest BCUT2D eigenvalue weighted by Crippen LogP contribution is 2.17. The van der Waals surface area contributed by atoms with Crippen LogP contribution in [0.2, 0.25) is 0 Å². The second-order valence-corrected chi connectivity index (χ2v) is 6.67. The number of aromatic nitrogens is 1. The van der Waals surface area contributed by atoms with Crippen molar-refractivity contribution >= 4 is 38.5 Å². The number of nitrogens with zero attached hydrogens (tertiary/aromatic N) is 1. The van der Waals surface area contributed by atoms with Gasteiger partial charge < -0.3 is 11.1 Å². The van der Waals surface area contributed by atoms with Gasteiger partial charge in [0.15, 0.2) is 9.84 Å². The highest BCUT2D eigenvalue weighted by molar-refractivity contribution is 7.90. The lowest BCUT2D eigenvalue weighted by Gasteiger charge is -2.07. The summed E-state index contributed by atoms with van der Waals surface area (Å²) in [6.07, 6.45) is 2.75. The van der Waals surface area contributed by atoms with Gasteiger partial charge in [-0.05, 0) is 36.4 Å². The second-order valence-electron chi connectivity index (χ2n) is 4.22. The predicted molar refractivity (Wildman–Crippen MR) is 83.0 cm³/mol. The molecule has 0 fully saturated rings. The van der Waals surface area contributed by atoms with E-state index in [1.807, 2.05) is 0 Å². The molecule has 0 bridgehead atoms. The van der Waals surface area contributed by atoms with Crippen molar-refractivity contribution in [3.8, 4) is 0 Å². The predicted octanol–water partition coefficient (Wildman–Crippen LogP) is 1.86. The average molecular weight is 307 g/mol. The van der Waals surface area contributed by atoms with E-state index in [0.29, 0.717) is 16.4 Å². The topological polar surface area (TPSA) is 85.1 Å². The smallest absolute Gasteiger partial charge is 0.175 e. The summed E-state index contributed by atoms with van der Waals surface area (Å²) in [5.74, 6) is 0.622. The number of nitrogens with one attached hydrogen (secondary N) is 1. The van der Waals surface area contributed by atoms with Crippen LogP contribution in [-0.2, 0) is 9.84 Å². The van der Waals surface area contributed by atoms with E-state index in [0.717, 1.165) is 5.69 Å². The molecule has 3 N–H and O–H groups in total. The van der Waals surface area contributed by atoms with Crippen LogP contribution in [0.5, 0.6) is 0 Å². The standard InChI is InChI=1S/C13H13N3O2S2/c1-20(17,18)11-5-3-10(4-6-11)16-12-7-2-9(8-15-12)13(14)19/h2-8H,1H3,(H2,14,19)(H,15,16). The van der Waals surface area contributed by atoms with Crippen LogP contribution >= 0.6 is 12.2 Å². The third-order valence-electron chi connectivity index (χ3n) is 2.60. The molecule has 0 spiro atoms. The summed E-state index contributed by atoms with van der Waals surface area (Å²) in [7, 11) is -3.18. The highest BCUT2D eigenvalue weighted by Gasteiger charge is 2.06. The fourth-order valence-electron chi connectivity index (χ4n) is 1.55. The summed E-state index contributed by atoms with van der Waals surface area (Å²) in [6, 6.07) is 9.96. The molecular formula is C13H13N3O2S2. The highest BCUT2D eigenvalue weighted by atomic mass is 32.2. The number of anilines is 2. The van der Waals surface area contributed by atoms with E-state index in [4.69, 9.17) is 18.0 Å². The van der Waals surface area contributed by atoms with Gasteiger partial charge in [0.1, 0.15) is 10.8 Å². The number of pyridine rings is 1. The van der Waals surface area contributed by atoms with Gasteiger partial charge in [0.05, 0.1) is 4.90 Å². The van der Waals surface area contributed by atoms with E-state index in [1.165, 1.54) is 6.26 Å². The summed E-state index contributed by atoms with van der Waals surface area (Å²) >= 11 is 4.84. The first-order valence-electron chi connectivity index (χ1n) is 5.69. The molecule has 1 aromatic heterocycles. The monoisotopic (exact) mass is 307 g/mol. The Morgan fingerprint density at radius 3 is 2.30 bits per heavy atom. The van der Waals surface area contributed by atoms with Gasteiger partial charge >= 0.3 is 0 Å². The summed E-state index contributed by atoms with van der Waals surface area (Å²) < 4.78 is 22.7. The second kappa shape index (κ2) is 5.56. The van der Waals surface area contributed by atoms with Crippen molar-refractivity contribution in [3.05, 3.63) is 48.2 Å². The number of hydrogen-bond acceptors (Lipinski definition) is 5. The minimum Gasteiger partial charge on any atom is -0.389 e. The zero-order valence-corrected chi connectivity index (χ0v) is 12.3. The van der Waals surface area contributed by atoms with Gasteiger partial charge in [-0.15, -0.1) is 0 Å². The first-order valence-corrected chi connectivity index (χ1v) is 7.99. The van der Waals surface area contributed by atoms with Crippen LogP contribution in [0.15, 0.2) is 47.5 Å². The third kappa shape index (κ3) is 3.52. The van der Waals surface area contributed by atoms with Gasteiger partial charge in [-0.2, -0.15) is 0 Å². The van der Waals surface area contributed by atoms with E-state index in [2.05, 4.69) is 10.3 Å². The lowest BCUT2D eigenvalue weighted by Crippen LogP contribution is -2.09. The van der Waals surface area contributed by atoms with Crippen molar-refractivity contribution < 1.29 is 8.42 Å². The van der Waals surface area contributed by atoms with Crippen LogP contribution in [-0.4, -0.2) is 24.6 Å². The molecule has 0 atom stereocenters. The van der Waals surface area contributed by atoms with Crippen LogP contribution in [0.25, 0.3) is 0 Å². The fraction of sp³-hybridized carbons (Fsp3) is 0.0769. The average Bonchev–Trinajstić information content (AvgIpc) is 2.39. The van der Waals surface area contributed by atoms with Crippen LogP contribution in [0.3, 0.4) is 0 Å². The van der Waals surface area contributed by atoms with Crippen molar-refractivity contribution in [1.82, 2.24) is 4.98 Å². The fourth-order valence-corrected chi connectivity index (χ4v) is 2.30. The molecule has 1 aromatic carbocycles. The summed E-state index contributed by atoms with van der Waals surface area (Å²) in [5.41, 5.74) is 6.92. The lowest BCUT2D eigenvalue weighted by molar-refractivity contribution is 0.602. The molecule has 2 rings (SSSR count). The van der Waals surface area contributed by atoms with E-state index in [9.17, 15) is 8.42 Å². The van der Waals surface area contributed by atoms with Crippen molar-refractivity contribution in [3.63, 3.8) is 0 Å². The Bertz CT molecular complexity index is 723. The van der Waals surface area contributed by atoms with E-state index in [-0.39, 0.29) is 4.90 Å². The number of hydrogen-bond donors (Lipinski definition) is 2. The molecule has 0 saturated heterocycles. The molecule has 1 heterocycles. The van der Waals surface area contributed by atoms with E-state index in [1.54, 1.807) is 42.6 Å². The molecule has 0 unspecified atom stereocenters.